The van der Waals surface area contributed by atoms with Crippen molar-refractivity contribution in [3.63, 3.8) is 0 Å². The number of amides is 1. The normalized spacial score (nSPS) is 14.6. The van der Waals surface area contributed by atoms with Crippen molar-refractivity contribution in [2.75, 3.05) is 42.9 Å². The fourth-order valence-electron chi connectivity index (χ4n) is 3.38. The standard InChI is InChI=1S/C21H25ClN4OS/c1-3-25-11-13-26(14-12-25)19-17(22)9-6-10-18(19)23-21(28)24-20(27)16-8-5-4-7-15(16)2/h4-10H,3,11-14H2,1-2H3,(H2,23,24,27,28). The van der Waals surface area contributed by atoms with Gasteiger partial charge in [0.25, 0.3) is 5.91 Å². The lowest BCUT2D eigenvalue weighted by molar-refractivity contribution is 0.0977. The van der Waals surface area contributed by atoms with Gasteiger partial charge in [0.1, 0.15) is 0 Å². The van der Waals surface area contributed by atoms with Crippen molar-refractivity contribution in [1.29, 1.82) is 0 Å². The molecular formula is C21H25ClN4OS. The Balaban J connectivity index is 1.72. The van der Waals surface area contributed by atoms with E-state index in [1.807, 2.05) is 43.3 Å². The maximum atomic E-state index is 12.5. The van der Waals surface area contributed by atoms with Gasteiger partial charge in [-0.2, -0.15) is 0 Å². The van der Waals surface area contributed by atoms with Gasteiger partial charge >= 0.3 is 0 Å². The molecule has 0 spiro atoms. The number of likely N-dealkylation sites (N-methyl/N-ethyl adjacent to an activating group) is 1. The van der Waals surface area contributed by atoms with E-state index in [1.165, 1.54) is 0 Å². The van der Waals surface area contributed by atoms with E-state index in [2.05, 4.69) is 27.4 Å². The average Bonchev–Trinajstić information content (AvgIpc) is 2.68. The summed E-state index contributed by atoms with van der Waals surface area (Å²) in [7, 11) is 0. The first-order chi connectivity index (χ1) is 13.5. The number of benzene rings is 2. The molecule has 5 nitrogen and oxygen atoms in total. The maximum absolute atomic E-state index is 12.5. The molecule has 3 rings (SSSR count). The molecule has 0 aromatic heterocycles. The first-order valence-electron chi connectivity index (χ1n) is 9.43. The third-order valence-corrected chi connectivity index (χ3v) is 5.50. The van der Waals surface area contributed by atoms with E-state index in [4.69, 9.17) is 23.8 Å². The Bertz CT molecular complexity index is 865. The average molecular weight is 417 g/mol. The third-order valence-electron chi connectivity index (χ3n) is 4.99. The second kappa shape index (κ2) is 9.37. The summed E-state index contributed by atoms with van der Waals surface area (Å²) in [5.41, 5.74) is 3.23. The van der Waals surface area contributed by atoms with E-state index < -0.39 is 0 Å². The number of carbonyl (C=O) groups is 1. The summed E-state index contributed by atoms with van der Waals surface area (Å²) < 4.78 is 0. The van der Waals surface area contributed by atoms with Crippen LogP contribution in [0.25, 0.3) is 0 Å². The van der Waals surface area contributed by atoms with Crippen LogP contribution < -0.4 is 15.5 Å². The number of aryl methyl sites for hydroxylation is 1. The molecule has 0 radical (unpaired) electrons. The Kier molecular flexibility index (Phi) is 6.88. The number of nitrogens with zero attached hydrogens (tertiary/aromatic N) is 2. The molecule has 0 aliphatic carbocycles. The number of piperazine rings is 1. The van der Waals surface area contributed by atoms with Gasteiger partial charge in [-0.05, 0) is 49.4 Å². The van der Waals surface area contributed by atoms with Gasteiger partial charge in [-0.3, -0.25) is 10.1 Å². The lowest BCUT2D eigenvalue weighted by Crippen LogP contribution is -2.46. The number of hydrogen-bond donors (Lipinski definition) is 2. The van der Waals surface area contributed by atoms with Gasteiger partial charge in [0.05, 0.1) is 16.4 Å². The van der Waals surface area contributed by atoms with Gasteiger partial charge in [0.15, 0.2) is 5.11 Å². The van der Waals surface area contributed by atoms with Gasteiger partial charge in [0.2, 0.25) is 0 Å². The van der Waals surface area contributed by atoms with Gasteiger partial charge < -0.3 is 15.1 Å². The van der Waals surface area contributed by atoms with Crippen molar-refractivity contribution in [2.45, 2.75) is 13.8 Å². The molecule has 2 N–H and O–H groups in total. The monoisotopic (exact) mass is 416 g/mol. The predicted octanol–water partition coefficient (Wildman–Crippen LogP) is 3.92. The van der Waals surface area contributed by atoms with E-state index in [0.717, 1.165) is 49.7 Å². The highest BCUT2D eigenvalue weighted by Gasteiger charge is 2.21. The largest absolute Gasteiger partial charge is 0.366 e. The van der Waals surface area contributed by atoms with E-state index >= 15 is 0 Å². The van der Waals surface area contributed by atoms with Crippen LogP contribution in [0.2, 0.25) is 5.02 Å². The quantitative estimate of drug-likeness (QED) is 0.740. The number of anilines is 2. The van der Waals surface area contributed by atoms with E-state index in [9.17, 15) is 4.79 Å². The van der Waals surface area contributed by atoms with Gasteiger partial charge in [-0.1, -0.05) is 42.8 Å². The maximum Gasteiger partial charge on any atom is 0.257 e. The Morgan fingerprint density at radius 2 is 1.82 bits per heavy atom. The minimum absolute atomic E-state index is 0.226. The van der Waals surface area contributed by atoms with Crippen LogP contribution in [0.4, 0.5) is 11.4 Å². The minimum Gasteiger partial charge on any atom is -0.366 e. The Morgan fingerprint density at radius 1 is 1.11 bits per heavy atom. The molecule has 2 aromatic carbocycles. The van der Waals surface area contributed by atoms with Crippen LogP contribution in [0, 0.1) is 6.92 Å². The summed E-state index contributed by atoms with van der Waals surface area (Å²) in [6.07, 6.45) is 0. The summed E-state index contributed by atoms with van der Waals surface area (Å²) in [6, 6.07) is 13.1. The van der Waals surface area contributed by atoms with Crippen molar-refractivity contribution in [3.05, 3.63) is 58.6 Å². The fourth-order valence-corrected chi connectivity index (χ4v) is 3.87. The topological polar surface area (TPSA) is 47.6 Å². The molecule has 1 aliphatic rings. The number of thiocarbonyl (C=S) groups is 1. The van der Waals surface area contributed by atoms with Crippen LogP contribution in [0.5, 0.6) is 0 Å². The van der Waals surface area contributed by atoms with E-state index in [1.54, 1.807) is 6.07 Å². The zero-order chi connectivity index (χ0) is 20.1. The molecule has 0 unspecified atom stereocenters. The molecule has 0 saturated carbocycles. The van der Waals surface area contributed by atoms with E-state index in [-0.39, 0.29) is 11.0 Å². The number of halogens is 1. The smallest absolute Gasteiger partial charge is 0.257 e. The molecule has 28 heavy (non-hydrogen) atoms. The zero-order valence-electron chi connectivity index (χ0n) is 16.2. The summed E-state index contributed by atoms with van der Waals surface area (Å²) in [6.45, 7) is 8.91. The number of hydrogen-bond acceptors (Lipinski definition) is 4. The molecule has 1 aliphatic heterocycles. The summed E-state index contributed by atoms with van der Waals surface area (Å²) in [4.78, 5) is 17.2. The zero-order valence-corrected chi connectivity index (χ0v) is 17.7. The Hall–Kier alpha value is -2.15. The van der Waals surface area contributed by atoms with Gasteiger partial charge in [-0.15, -0.1) is 0 Å². The summed E-state index contributed by atoms with van der Waals surface area (Å²) in [5.74, 6) is -0.226. The van der Waals surface area contributed by atoms with Crippen LogP contribution in [0.15, 0.2) is 42.5 Å². The Labute approximate surface area is 176 Å². The van der Waals surface area contributed by atoms with Crippen LogP contribution >= 0.6 is 23.8 Å². The third kappa shape index (κ3) is 4.82. The molecule has 0 atom stereocenters. The number of para-hydroxylation sites is 1. The van der Waals surface area contributed by atoms with Gasteiger partial charge in [-0.25, -0.2) is 0 Å². The van der Waals surface area contributed by atoms with Crippen molar-refractivity contribution in [3.8, 4) is 0 Å². The molecule has 1 saturated heterocycles. The van der Waals surface area contributed by atoms with Crippen LogP contribution in [-0.4, -0.2) is 48.6 Å². The lowest BCUT2D eigenvalue weighted by atomic mass is 10.1. The first-order valence-corrected chi connectivity index (χ1v) is 10.2. The van der Waals surface area contributed by atoms with Crippen molar-refractivity contribution < 1.29 is 4.79 Å². The molecule has 148 valence electrons. The SMILES string of the molecule is CCN1CCN(c2c(Cl)cccc2NC(=S)NC(=O)c2ccccc2C)CC1. The predicted molar refractivity (Wildman–Crippen MR) is 121 cm³/mol. The molecular weight excluding hydrogens is 392 g/mol. The minimum atomic E-state index is -0.226. The molecule has 1 heterocycles. The fraction of sp³-hybridized carbons (Fsp3) is 0.333. The summed E-state index contributed by atoms with van der Waals surface area (Å²) in [5, 5.41) is 6.84. The van der Waals surface area contributed by atoms with E-state index in [0.29, 0.717) is 10.6 Å². The van der Waals surface area contributed by atoms with Crippen molar-refractivity contribution >= 4 is 46.2 Å². The molecule has 1 amide bonds. The highest BCUT2D eigenvalue weighted by Crippen LogP contribution is 2.34. The van der Waals surface area contributed by atoms with Gasteiger partial charge in [0, 0.05) is 31.7 Å². The molecule has 2 aromatic rings. The molecule has 7 heteroatoms. The number of carbonyl (C=O) groups excluding carboxylic acids is 1. The van der Waals surface area contributed by atoms with Crippen LogP contribution in [0.3, 0.4) is 0 Å². The highest BCUT2D eigenvalue weighted by atomic mass is 35.5. The lowest BCUT2D eigenvalue weighted by Gasteiger charge is -2.37. The number of nitrogens with one attached hydrogen (secondary N) is 2. The summed E-state index contributed by atoms with van der Waals surface area (Å²) >= 11 is 11.9. The second-order valence-electron chi connectivity index (χ2n) is 6.78. The van der Waals surface area contributed by atoms with Crippen LogP contribution in [0.1, 0.15) is 22.8 Å². The molecule has 0 bridgehead atoms. The van der Waals surface area contributed by atoms with Crippen LogP contribution in [-0.2, 0) is 0 Å². The second-order valence-corrected chi connectivity index (χ2v) is 7.60. The Morgan fingerprint density at radius 3 is 2.50 bits per heavy atom. The highest BCUT2D eigenvalue weighted by molar-refractivity contribution is 7.80. The van der Waals surface area contributed by atoms with Crippen molar-refractivity contribution in [1.82, 2.24) is 10.2 Å². The van der Waals surface area contributed by atoms with Crippen molar-refractivity contribution in [2.24, 2.45) is 0 Å². The molecule has 1 fully saturated rings. The number of rotatable bonds is 4. The first kappa shape index (κ1) is 20.6.